The fourth-order valence-corrected chi connectivity index (χ4v) is 8.06. The van der Waals surface area contributed by atoms with Gasteiger partial charge in [0.15, 0.2) is 0 Å². The highest BCUT2D eigenvalue weighted by Gasteiger charge is 2.33. The van der Waals surface area contributed by atoms with Gasteiger partial charge >= 0.3 is 0 Å². The Bertz CT molecular complexity index is 2410. The van der Waals surface area contributed by atoms with Crippen molar-refractivity contribution in [3.63, 3.8) is 0 Å². The average Bonchev–Trinajstić information content (AvgIpc) is 4.02. The smallest absolute Gasteiger partial charge is 0.243 e. The highest BCUT2D eigenvalue weighted by atomic mass is 16.3. The molecule has 0 aliphatic heterocycles. The Balaban J connectivity index is 1.44. The molecular weight excluding hydrogens is 925 g/mol. The van der Waals surface area contributed by atoms with Crippen molar-refractivity contribution in [3.8, 4) is 0 Å². The largest absolute Gasteiger partial charge is 0.391 e. The molecule has 392 valence electrons. The first-order chi connectivity index (χ1) is 34.3. The number of hydrogen-bond donors (Lipinski definition) is 12. The minimum absolute atomic E-state index is 0.0436. The minimum Gasteiger partial charge on any atom is -0.391 e. The molecule has 4 aromatic rings. The maximum Gasteiger partial charge on any atom is 0.243 e. The number of nitrogens with two attached hydrogens (primary N) is 2. The molecule has 14 N–H and O–H groups in total. The summed E-state index contributed by atoms with van der Waals surface area (Å²) >= 11 is 0. The molecule has 0 aliphatic carbocycles. The molecule has 2 heterocycles. The Labute approximate surface area is 420 Å². The van der Waals surface area contributed by atoms with E-state index in [-0.39, 0.29) is 38.0 Å². The van der Waals surface area contributed by atoms with Crippen molar-refractivity contribution in [1.82, 2.24) is 52.2 Å². The predicted molar refractivity (Wildman–Crippen MR) is 271 cm³/mol. The lowest BCUT2D eigenvalue weighted by atomic mass is 9.95. The summed E-state index contributed by atoms with van der Waals surface area (Å²) in [6, 6.07) is 8.53. The first kappa shape index (κ1) is 57.4. The number of amides is 8. The molecule has 0 fully saturated rings. The van der Waals surface area contributed by atoms with Crippen LogP contribution >= 0.6 is 0 Å². The zero-order valence-electron chi connectivity index (χ0n) is 42.1. The second-order valence-electron chi connectivity index (χ2n) is 19.0. The number of rotatable bonds is 30. The first-order valence-electron chi connectivity index (χ1n) is 24.6. The average molecular weight is 999 g/mol. The van der Waals surface area contributed by atoms with E-state index < -0.39 is 108 Å². The molecule has 8 atom stereocenters. The van der Waals surface area contributed by atoms with Crippen molar-refractivity contribution in [2.75, 3.05) is 6.54 Å². The van der Waals surface area contributed by atoms with Gasteiger partial charge in [-0.05, 0) is 61.6 Å². The van der Waals surface area contributed by atoms with Crippen LogP contribution in [0.15, 0.2) is 73.3 Å². The Hall–Kier alpha value is -7.13. The van der Waals surface area contributed by atoms with Crippen molar-refractivity contribution in [3.05, 3.63) is 90.1 Å². The summed E-state index contributed by atoms with van der Waals surface area (Å²) in [5.74, 6) is -6.00. The summed E-state index contributed by atoms with van der Waals surface area (Å²) < 4.78 is 0. The standard InChI is InChI=1S/C51H74N12O9/c1-7-8-18-42(64)39(21-29(2)3)61-50(71)41(24-34-26-54-28-57-34)59-44(66)27-56-51(72)45(30(4)5)63-46(67)31(6)58-49(70)40(23-33-25-55-37-17-13-12-16-35(33)37)62-48(69)38(19-20-43(53)65)60-47(68)36(52)22-32-14-10-9-11-15-32/h9-17,25-26,28-31,36,38-42,45,55,64H,7-8,18-24,27,52H2,1-6H3,(H2,53,65)(H,54,57)(H,56,72)(H,58,70)(H,59,66)(H,60,68)(H,61,71)(H,62,69)(H,63,67)/t31-,36+,38-,39-,40-,41-,42?,45-/m0/s1. The fraction of sp³-hybridized carbons (Fsp3) is 0.510. The number of fused-ring (bicyclic) bond motifs is 1. The minimum atomic E-state index is -1.33. The topological polar surface area (TPSA) is 338 Å². The van der Waals surface area contributed by atoms with E-state index in [9.17, 15) is 43.5 Å². The second-order valence-corrected chi connectivity index (χ2v) is 19.0. The molecular formula is C51H74N12O9. The highest BCUT2D eigenvalue weighted by Crippen LogP contribution is 2.20. The summed E-state index contributed by atoms with van der Waals surface area (Å²) in [6.07, 6.45) is 6.18. The number of aliphatic hydroxyl groups excluding tert-OH is 1. The number of primary amides is 1. The Morgan fingerprint density at radius 2 is 1.35 bits per heavy atom. The number of hydrogen-bond acceptors (Lipinski definition) is 11. The van der Waals surface area contributed by atoms with Crippen LogP contribution in [0.25, 0.3) is 10.9 Å². The maximum atomic E-state index is 14.2. The van der Waals surface area contributed by atoms with Crippen LogP contribution in [-0.2, 0) is 57.6 Å². The number of aromatic amines is 2. The summed E-state index contributed by atoms with van der Waals surface area (Å²) in [5, 5.41) is 30.4. The summed E-state index contributed by atoms with van der Waals surface area (Å²) in [6.45, 7) is 10.2. The second kappa shape index (κ2) is 28.7. The third-order valence-corrected chi connectivity index (χ3v) is 12.1. The summed E-state index contributed by atoms with van der Waals surface area (Å²) in [4.78, 5) is 118. The number of nitrogens with one attached hydrogen (secondary N) is 9. The van der Waals surface area contributed by atoms with Gasteiger partial charge in [-0.2, -0.15) is 0 Å². The van der Waals surface area contributed by atoms with Gasteiger partial charge in [0.2, 0.25) is 47.3 Å². The molecule has 0 spiro atoms. The van der Waals surface area contributed by atoms with Crippen LogP contribution in [0.3, 0.4) is 0 Å². The van der Waals surface area contributed by atoms with Gasteiger partial charge < -0.3 is 63.8 Å². The van der Waals surface area contributed by atoms with Gasteiger partial charge in [-0.3, -0.25) is 38.4 Å². The van der Waals surface area contributed by atoms with Crippen molar-refractivity contribution in [2.24, 2.45) is 23.3 Å². The van der Waals surface area contributed by atoms with E-state index in [1.807, 2.05) is 51.1 Å². The van der Waals surface area contributed by atoms with Crippen molar-refractivity contribution in [2.45, 2.75) is 148 Å². The van der Waals surface area contributed by atoms with E-state index in [1.54, 1.807) is 44.3 Å². The van der Waals surface area contributed by atoms with E-state index in [1.165, 1.54) is 19.4 Å². The number of unbranched alkanes of at least 4 members (excludes halogenated alkanes) is 1. The zero-order chi connectivity index (χ0) is 52.9. The normalized spacial score (nSPS) is 14.7. The van der Waals surface area contributed by atoms with Crippen LogP contribution in [0.4, 0.5) is 0 Å². The Morgan fingerprint density at radius 3 is 2.00 bits per heavy atom. The highest BCUT2D eigenvalue weighted by molar-refractivity contribution is 5.97. The number of H-pyrrole nitrogens is 2. The van der Waals surface area contributed by atoms with E-state index >= 15 is 0 Å². The van der Waals surface area contributed by atoms with Crippen molar-refractivity contribution >= 4 is 58.2 Å². The van der Waals surface area contributed by atoms with E-state index in [0.29, 0.717) is 24.1 Å². The number of carbonyl (C=O) groups excluding carboxylic acids is 8. The first-order valence-corrected chi connectivity index (χ1v) is 24.6. The van der Waals surface area contributed by atoms with Crippen molar-refractivity contribution in [1.29, 1.82) is 0 Å². The molecule has 2 aromatic carbocycles. The summed E-state index contributed by atoms with van der Waals surface area (Å²) in [7, 11) is 0. The Kier molecular flexibility index (Phi) is 22.9. The van der Waals surface area contributed by atoms with Crippen LogP contribution in [-0.4, -0.2) is 122 Å². The van der Waals surface area contributed by atoms with Crippen LogP contribution in [0.5, 0.6) is 0 Å². The third-order valence-electron chi connectivity index (χ3n) is 12.1. The lowest BCUT2D eigenvalue weighted by Gasteiger charge is -2.28. The van der Waals surface area contributed by atoms with Gasteiger partial charge in [0.25, 0.3) is 0 Å². The number of nitrogens with zero attached hydrogens (tertiary/aromatic N) is 1. The van der Waals surface area contributed by atoms with E-state index in [0.717, 1.165) is 29.3 Å². The Morgan fingerprint density at radius 1 is 0.694 bits per heavy atom. The van der Waals surface area contributed by atoms with E-state index in [2.05, 4.69) is 52.2 Å². The lowest BCUT2D eigenvalue weighted by molar-refractivity contribution is -0.135. The fourth-order valence-electron chi connectivity index (χ4n) is 8.06. The van der Waals surface area contributed by atoms with Crippen molar-refractivity contribution < 1.29 is 43.5 Å². The van der Waals surface area contributed by atoms with Gasteiger partial charge in [-0.15, -0.1) is 0 Å². The van der Waals surface area contributed by atoms with Gasteiger partial charge in [0, 0.05) is 48.3 Å². The molecule has 21 nitrogen and oxygen atoms in total. The number of benzene rings is 2. The van der Waals surface area contributed by atoms with Gasteiger partial charge in [0.05, 0.1) is 31.1 Å². The molecule has 21 heteroatoms. The number of imidazole rings is 1. The maximum absolute atomic E-state index is 14.2. The lowest BCUT2D eigenvalue weighted by Crippen LogP contribution is -2.59. The molecule has 8 amide bonds. The van der Waals surface area contributed by atoms with Gasteiger partial charge in [-0.1, -0.05) is 96.0 Å². The SMILES string of the molecule is CCCCC(O)[C@H](CC(C)C)NC(=O)[C@H](Cc1cnc[nH]1)NC(=O)CNC(=O)[C@@H](NC(=O)[C@H](C)NC(=O)[C@H](Cc1c[nH]c2ccccc12)NC(=O)[C@H](CCC(N)=O)NC(=O)[C@H](N)Cc1ccccc1)C(C)C. The number of aromatic nitrogens is 3. The molecule has 72 heavy (non-hydrogen) atoms. The van der Waals surface area contributed by atoms with Crippen LogP contribution < -0.4 is 48.7 Å². The summed E-state index contributed by atoms with van der Waals surface area (Å²) in [5.41, 5.74) is 14.4. The number of para-hydroxylation sites is 1. The van der Waals surface area contributed by atoms with Crippen LogP contribution in [0, 0.1) is 11.8 Å². The van der Waals surface area contributed by atoms with E-state index in [4.69, 9.17) is 11.5 Å². The predicted octanol–water partition coefficient (Wildman–Crippen LogP) is 0.810. The third kappa shape index (κ3) is 18.6. The molecule has 2 aromatic heterocycles. The molecule has 0 bridgehead atoms. The zero-order valence-corrected chi connectivity index (χ0v) is 42.1. The number of carbonyl (C=O) groups is 8. The molecule has 1 unspecified atom stereocenters. The van der Waals surface area contributed by atoms with Gasteiger partial charge in [-0.25, -0.2) is 4.98 Å². The molecule has 4 rings (SSSR count). The molecule has 0 saturated carbocycles. The van der Waals surface area contributed by atoms with Crippen LogP contribution in [0.2, 0.25) is 0 Å². The van der Waals surface area contributed by atoms with Crippen LogP contribution in [0.1, 0.15) is 96.9 Å². The molecule has 0 saturated heterocycles. The quantitative estimate of drug-likeness (QED) is 0.0347. The molecule has 0 aliphatic rings. The monoisotopic (exact) mass is 999 g/mol. The number of aliphatic hydroxyl groups is 1. The molecule has 0 radical (unpaired) electrons. The van der Waals surface area contributed by atoms with Gasteiger partial charge in [0.1, 0.15) is 30.2 Å².